The normalized spacial score (nSPS) is 12.7. The van der Waals surface area contributed by atoms with E-state index in [-0.39, 0.29) is 18.7 Å². The molecule has 1 rings (SSSR count). The summed E-state index contributed by atoms with van der Waals surface area (Å²) in [6.45, 7) is 0.881. The number of benzene rings is 1. The van der Waals surface area contributed by atoms with Crippen LogP contribution < -0.4 is 0 Å². The van der Waals surface area contributed by atoms with Crippen molar-refractivity contribution in [3.05, 3.63) is 35.6 Å². The molecule has 1 aromatic rings. The molecule has 0 saturated heterocycles. The Morgan fingerprint density at radius 3 is 2.83 bits per heavy atom. The van der Waals surface area contributed by atoms with E-state index in [1.54, 1.807) is 13.1 Å². The van der Waals surface area contributed by atoms with Crippen LogP contribution in [0.4, 0.5) is 4.39 Å². The van der Waals surface area contributed by atoms with E-state index in [1.807, 2.05) is 11.0 Å². The van der Waals surface area contributed by atoms with Crippen molar-refractivity contribution in [3.8, 4) is 0 Å². The molecule has 5 heteroatoms. The molecule has 18 heavy (non-hydrogen) atoms. The minimum absolute atomic E-state index is 0.0467. The van der Waals surface area contributed by atoms with Crippen LogP contribution in [0.5, 0.6) is 0 Å². The van der Waals surface area contributed by atoms with Crippen molar-refractivity contribution < 1.29 is 19.4 Å². The van der Waals surface area contributed by atoms with E-state index in [4.69, 9.17) is 5.11 Å². The van der Waals surface area contributed by atoms with Gasteiger partial charge in [-0.05, 0) is 31.2 Å². The molecule has 0 saturated carbocycles. The number of nitrogens with zero attached hydrogens (tertiary/aromatic N) is 1. The molecule has 0 fully saturated rings. The summed E-state index contributed by atoms with van der Waals surface area (Å²) in [7, 11) is 1.80. The van der Waals surface area contributed by atoms with Gasteiger partial charge >= 0.3 is 5.97 Å². The van der Waals surface area contributed by atoms with Gasteiger partial charge in [0.1, 0.15) is 5.82 Å². The monoisotopic (exact) mass is 255 g/mol. The number of likely N-dealkylation sites (N-methyl/N-ethyl adjacent to an activating group) is 1. The van der Waals surface area contributed by atoms with Gasteiger partial charge in [0.05, 0.1) is 6.10 Å². The Hall–Kier alpha value is -1.46. The molecular weight excluding hydrogens is 237 g/mol. The number of rotatable bonds is 7. The number of carboxylic acid groups (broad SMARTS) is 1. The van der Waals surface area contributed by atoms with Crippen molar-refractivity contribution in [3.63, 3.8) is 0 Å². The lowest BCUT2D eigenvalue weighted by molar-refractivity contribution is -0.137. The lowest BCUT2D eigenvalue weighted by atomic mass is 10.1. The molecule has 0 aromatic heterocycles. The molecule has 0 aliphatic carbocycles. The second-order valence-electron chi connectivity index (χ2n) is 4.41. The molecule has 0 bridgehead atoms. The topological polar surface area (TPSA) is 60.8 Å². The molecule has 1 aromatic carbocycles. The molecule has 1 unspecified atom stereocenters. The molecule has 1 atom stereocenters. The summed E-state index contributed by atoms with van der Waals surface area (Å²) in [6.07, 6.45) is -0.503. The lowest BCUT2D eigenvalue weighted by Crippen LogP contribution is -2.29. The summed E-state index contributed by atoms with van der Waals surface area (Å²) in [4.78, 5) is 12.2. The van der Waals surface area contributed by atoms with Gasteiger partial charge in [0, 0.05) is 19.5 Å². The van der Waals surface area contributed by atoms with Crippen molar-refractivity contribution in [2.24, 2.45) is 0 Å². The number of aliphatic hydroxyl groups excluding tert-OH is 1. The molecule has 100 valence electrons. The van der Waals surface area contributed by atoms with Gasteiger partial charge in [0.2, 0.25) is 0 Å². The Labute approximate surface area is 106 Å². The fourth-order valence-electron chi connectivity index (χ4n) is 1.75. The highest BCUT2D eigenvalue weighted by atomic mass is 19.1. The first-order valence-electron chi connectivity index (χ1n) is 5.80. The number of aliphatic carboxylic acids is 1. The maximum atomic E-state index is 13.0. The summed E-state index contributed by atoms with van der Waals surface area (Å²) in [5.41, 5.74) is 0.822. The third-order valence-corrected chi connectivity index (χ3v) is 2.56. The summed E-state index contributed by atoms with van der Waals surface area (Å²) in [6, 6.07) is 6.27. The summed E-state index contributed by atoms with van der Waals surface area (Å²) < 4.78 is 13.0. The number of hydrogen-bond acceptors (Lipinski definition) is 3. The number of halogens is 1. The Balaban J connectivity index is 2.36. The smallest absolute Gasteiger partial charge is 0.303 e. The minimum atomic E-state index is -0.915. The van der Waals surface area contributed by atoms with E-state index in [0.717, 1.165) is 5.56 Å². The fourth-order valence-corrected chi connectivity index (χ4v) is 1.75. The van der Waals surface area contributed by atoms with Gasteiger partial charge in [0.25, 0.3) is 0 Å². The fraction of sp³-hybridized carbons (Fsp3) is 0.462. The van der Waals surface area contributed by atoms with Crippen LogP contribution >= 0.6 is 0 Å². The highest BCUT2D eigenvalue weighted by Gasteiger charge is 2.10. The Morgan fingerprint density at radius 1 is 1.50 bits per heavy atom. The molecule has 0 amide bonds. The van der Waals surface area contributed by atoms with Gasteiger partial charge in [-0.25, -0.2) is 4.39 Å². The van der Waals surface area contributed by atoms with E-state index in [0.29, 0.717) is 13.1 Å². The van der Waals surface area contributed by atoms with Crippen LogP contribution in [0.1, 0.15) is 18.4 Å². The maximum Gasteiger partial charge on any atom is 0.303 e. The molecule has 0 aliphatic heterocycles. The van der Waals surface area contributed by atoms with Gasteiger partial charge in [0.15, 0.2) is 0 Å². The average Bonchev–Trinajstić information content (AvgIpc) is 2.26. The predicted octanol–water partition coefficient (Wildman–Crippen LogP) is 1.48. The van der Waals surface area contributed by atoms with Gasteiger partial charge < -0.3 is 10.2 Å². The van der Waals surface area contributed by atoms with E-state index in [2.05, 4.69) is 0 Å². The summed E-state index contributed by atoms with van der Waals surface area (Å²) >= 11 is 0. The van der Waals surface area contributed by atoms with Crippen LogP contribution in [0.25, 0.3) is 0 Å². The zero-order valence-corrected chi connectivity index (χ0v) is 10.3. The molecule has 0 heterocycles. The van der Waals surface area contributed by atoms with Crippen molar-refractivity contribution in [1.82, 2.24) is 4.90 Å². The molecule has 0 spiro atoms. The first-order chi connectivity index (χ1) is 8.47. The van der Waals surface area contributed by atoms with Crippen molar-refractivity contribution >= 4 is 5.97 Å². The average molecular weight is 255 g/mol. The third kappa shape index (κ3) is 5.75. The van der Waals surface area contributed by atoms with Gasteiger partial charge in [-0.3, -0.25) is 9.69 Å². The highest BCUT2D eigenvalue weighted by molar-refractivity contribution is 5.66. The van der Waals surface area contributed by atoms with E-state index >= 15 is 0 Å². The first-order valence-corrected chi connectivity index (χ1v) is 5.80. The second kappa shape index (κ2) is 7.08. The zero-order valence-electron chi connectivity index (χ0n) is 10.3. The highest BCUT2D eigenvalue weighted by Crippen LogP contribution is 2.07. The van der Waals surface area contributed by atoms with Crippen LogP contribution in [-0.4, -0.2) is 40.8 Å². The summed E-state index contributed by atoms with van der Waals surface area (Å²) in [5, 5.41) is 18.1. The van der Waals surface area contributed by atoms with Crippen LogP contribution in [-0.2, 0) is 11.3 Å². The largest absolute Gasteiger partial charge is 0.481 e. The number of hydrogen-bond donors (Lipinski definition) is 2. The van der Waals surface area contributed by atoms with Crippen LogP contribution in [0.2, 0.25) is 0 Å². The SMILES string of the molecule is CN(Cc1cccc(F)c1)CC(O)CCC(=O)O. The van der Waals surface area contributed by atoms with E-state index in [1.165, 1.54) is 12.1 Å². The van der Waals surface area contributed by atoms with E-state index < -0.39 is 12.1 Å². The zero-order chi connectivity index (χ0) is 13.5. The Bertz CT molecular complexity index is 398. The Morgan fingerprint density at radius 2 is 2.22 bits per heavy atom. The number of carbonyl (C=O) groups is 1. The lowest BCUT2D eigenvalue weighted by Gasteiger charge is -2.20. The maximum absolute atomic E-state index is 13.0. The van der Waals surface area contributed by atoms with Crippen LogP contribution in [0, 0.1) is 5.82 Å². The number of aliphatic hydroxyl groups is 1. The van der Waals surface area contributed by atoms with E-state index in [9.17, 15) is 14.3 Å². The minimum Gasteiger partial charge on any atom is -0.481 e. The van der Waals surface area contributed by atoms with Gasteiger partial charge in [-0.2, -0.15) is 0 Å². The van der Waals surface area contributed by atoms with Crippen molar-refractivity contribution in [2.75, 3.05) is 13.6 Å². The molecule has 0 aliphatic rings. The molecule has 4 nitrogen and oxygen atoms in total. The third-order valence-electron chi connectivity index (χ3n) is 2.56. The standard InChI is InChI=1S/C13H18FNO3/c1-15(9-12(16)5-6-13(17)18)8-10-3-2-4-11(14)7-10/h2-4,7,12,16H,5-6,8-9H2,1H3,(H,17,18). The molecular formula is C13H18FNO3. The second-order valence-corrected chi connectivity index (χ2v) is 4.41. The number of carboxylic acids is 1. The van der Waals surface area contributed by atoms with Gasteiger partial charge in [-0.1, -0.05) is 12.1 Å². The molecule has 0 radical (unpaired) electrons. The Kier molecular flexibility index (Phi) is 5.74. The van der Waals surface area contributed by atoms with Crippen molar-refractivity contribution in [1.29, 1.82) is 0 Å². The van der Waals surface area contributed by atoms with Crippen molar-refractivity contribution in [2.45, 2.75) is 25.5 Å². The molecule has 2 N–H and O–H groups in total. The quantitative estimate of drug-likeness (QED) is 0.775. The van der Waals surface area contributed by atoms with Gasteiger partial charge in [-0.15, -0.1) is 0 Å². The summed E-state index contributed by atoms with van der Waals surface area (Å²) in [5.74, 6) is -1.20. The predicted molar refractivity (Wildman–Crippen MR) is 65.6 cm³/mol. The van der Waals surface area contributed by atoms with Crippen LogP contribution in [0.15, 0.2) is 24.3 Å². The van der Waals surface area contributed by atoms with Crippen LogP contribution in [0.3, 0.4) is 0 Å². The first kappa shape index (κ1) is 14.6.